The molecule has 1 N–H and O–H groups in total. The van der Waals surface area contributed by atoms with Gasteiger partial charge in [0.05, 0.1) is 5.56 Å². The largest absolute Gasteiger partial charge is 0.416 e. The van der Waals surface area contributed by atoms with Crippen molar-refractivity contribution in [1.82, 2.24) is 0 Å². The fourth-order valence-corrected chi connectivity index (χ4v) is 2.11. The van der Waals surface area contributed by atoms with Crippen molar-refractivity contribution in [2.24, 2.45) is 0 Å². The fraction of sp³-hybridized carbons (Fsp3) is 0.143. The van der Waals surface area contributed by atoms with Gasteiger partial charge in [0.2, 0.25) is 0 Å². The van der Waals surface area contributed by atoms with Crippen LogP contribution in [0, 0.1) is 11.6 Å². The summed E-state index contributed by atoms with van der Waals surface area (Å²) < 4.78 is 65.2. The Morgan fingerprint density at radius 1 is 1.00 bits per heavy atom. The highest BCUT2D eigenvalue weighted by molar-refractivity contribution is 9.10. The number of alkyl halides is 3. The molecule has 112 valence electrons. The highest BCUT2D eigenvalue weighted by atomic mass is 79.9. The van der Waals surface area contributed by atoms with Crippen LogP contribution in [0.15, 0.2) is 40.9 Å². The van der Waals surface area contributed by atoms with Crippen molar-refractivity contribution >= 4 is 21.6 Å². The monoisotopic (exact) mass is 365 g/mol. The Hall–Kier alpha value is -1.63. The molecule has 0 saturated heterocycles. The summed E-state index contributed by atoms with van der Waals surface area (Å²) in [6.07, 6.45) is -4.49. The fourth-order valence-electron chi connectivity index (χ4n) is 1.72. The van der Waals surface area contributed by atoms with Gasteiger partial charge >= 0.3 is 6.18 Å². The van der Waals surface area contributed by atoms with Crippen molar-refractivity contribution in [2.75, 3.05) is 5.32 Å². The van der Waals surface area contributed by atoms with Gasteiger partial charge in [-0.05, 0) is 46.3 Å². The predicted molar refractivity (Wildman–Crippen MR) is 72.8 cm³/mol. The summed E-state index contributed by atoms with van der Waals surface area (Å²) in [4.78, 5) is 0. The minimum atomic E-state index is -4.49. The summed E-state index contributed by atoms with van der Waals surface area (Å²) in [6, 6.07) is 6.40. The Morgan fingerprint density at radius 3 is 2.19 bits per heavy atom. The summed E-state index contributed by atoms with van der Waals surface area (Å²) in [5, 5.41) is 2.60. The molecule has 0 aliphatic carbocycles. The third-order valence-corrected chi connectivity index (χ3v) is 3.50. The summed E-state index contributed by atoms with van der Waals surface area (Å²) in [5.41, 5.74) is -0.975. The van der Waals surface area contributed by atoms with E-state index in [9.17, 15) is 22.0 Å². The molecule has 0 unspecified atom stereocenters. The number of nitrogens with one attached hydrogen (secondary N) is 1. The molecular weight excluding hydrogens is 357 g/mol. The van der Waals surface area contributed by atoms with Gasteiger partial charge in [0, 0.05) is 22.3 Å². The topological polar surface area (TPSA) is 12.0 Å². The molecule has 0 radical (unpaired) electrons. The van der Waals surface area contributed by atoms with Crippen molar-refractivity contribution in [3.8, 4) is 0 Å². The van der Waals surface area contributed by atoms with Gasteiger partial charge in [-0.2, -0.15) is 13.2 Å². The molecule has 2 aromatic rings. The molecule has 0 bridgehead atoms. The highest BCUT2D eigenvalue weighted by Gasteiger charge is 2.30. The predicted octanol–water partition coefficient (Wildman–Crippen LogP) is 5.36. The van der Waals surface area contributed by atoms with Crippen LogP contribution in [-0.4, -0.2) is 0 Å². The van der Waals surface area contributed by atoms with E-state index in [-0.39, 0.29) is 17.8 Å². The van der Waals surface area contributed by atoms with Crippen LogP contribution in [0.25, 0.3) is 0 Å². The lowest BCUT2D eigenvalue weighted by Gasteiger charge is -2.13. The number of benzene rings is 2. The van der Waals surface area contributed by atoms with E-state index >= 15 is 0 Å². The van der Waals surface area contributed by atoms with E-state index in [1.807, 2.05) is 0 Å². The van der Waals surface area contributed by atoms with Crippen LogP contribution in [0.3, 0.4) is 0 Å². The van der Waals surface area contributed by atoms with E-state index in [4.69, 9.17) is 0 Å². The molecule has 2 aromatic carbocycles. The Kier molecular flexibility index (Phi) is 4.51. The first-order chi connectivity index (χ1) is 9.79. The average molecular weight is 366 g/mol. The lowest BCUT2D eigenvalue weighted by molar-refractivity contribution is -0.137. The number of hydrogen-bond donors (Lipinski definition) is 1. The number of anilines is 1. The maximum absolute atomic E-state index is 13.5. The van der Waals surface area contributed by atoms with E-state index in [0.29, 0.717) is 4.47 Å². The van der Waals surface area contributed by atoms with Crippen LogP contribution in [-0.2, 0) is 12.7 Å². The normalized spacial score (nSPS) is 11.5. The lowest BCUT2D eigenvalue weighted by atomic mass is 10.1. The lowest BCUT2D eigenvalue weighted by Crippen LogP contribution is -2.08. The second kappa shape index (κ2) is 6.01. The molecule has 0 fully saturated rings. The Balaban J connectivity index is 2.24. The second-order valence-corrected chi connectivity index (χ2v) is 5.10. The van der Waals surface area contributed by atoms with E-state index in [1.165, 1.54) is 12.1 Å². The molecule has 0 amide bonds. The Bertz CT molecular complexity index is 634. The van der Waals surface area contributed by atoms with Crippen LogP contribution in [0.4, 0.5) is 27.6 Å². The first-order valence-electron chi connectivity index (χ1n) is 5.82. The molecule has 0 saturated carbocycles. The van der Waals surface area contributed by atoms with Crippen LogP contribution in [0.2, 0.25) is 0 Å². The number of rotatable bonds is 3. The van der Waals surface area contributed by atoms with E-state index in [1.54, 1.807) is 0 Å². The number of hydrogen-bond acceptors (Lipinski definition) is 1. The minimum absolute atomic E-state index is 0.104. The van der Waals surface area contributed by atoms with Crippen LogP contribution < -0.4 is 5.32 Å². The Morgan fingerprint density at radius 2 is 1.62 bits per heavy atom. The van der Waals surface area contributed by atoms with Gasteiger partial charge in [0.1, 0.15) is 11.6 Å². The smallest absolute Gasteiger partial charge is 0.380 e. The summed E-state index contributed by atoms with van der Waals surface area (Å²) >= 11 is 3.09. The molecule has 21 heavy (non-hydrogen) atoms. The molecular formula is C14H9BrF5N. The molecule has 0 atom stereocenters. The van der Waals surface area contributed by atoms with Crippen molar-refractivity contribution < 1.29 is 22.0 Å². The summed E-state index contributed by atoms with van der Waals surface area (Å²) in [5.74, 6) is -1.52. The second-order valence-electron chi connectivity index (χ2n) is 4.25. The minimum Gasteiger partial charge on any atom is -0.380 e. The van der Waals surface area contributed by atoms with Gasteiger partial charge in [0.15, 0.2) is 0 Å². The zero-order valence-electron chi connectivity index (χ0n) is 10.4. The zero-order chi connectivity index (χ0) is 15.6. The standard InChI is InChI=1S/C14H9BrF5N/c15-10-5-4-8(14(18,19)20)6-13(10)21-7-9-11(16)2-1-3-12(9)17/h1-6,21H,7H2. The molecule has 0 aliphatic rings. The van der Waals surface area contributed by atoms with Crippen LogP contribution in [0.5, 0.6) is 0 Å². The van der Waals surface area contributed by atoms with Crippen molar-refractivity contribution in [2.45, 2.75) is 12.7 Å². The number of halogens is 6. The van der Waals surface area contributed by atoms with Crippen LogP contribution >= 0.6 is 15.9 Å². The van der Waals surface area contributed by atoms with E-state index < -0.39 is 23.4 Å². The molecule has 7 heteroatoms. The third-order valence-electron chi connectivity index (χ3n) is 2.81. The van der Waals surface area contributed by atoms with Gasteiger partial charge in [-0.15, -0.1) is 0 Å². The van der Waals surface area contributed by atoms with Crippen molar-refractivity contribution in [3.63, 3.8) is 0 Å². The van der Waals surface area contributed by atoms with Crippen molar-refractivity contribution in [3.05, 3.63) is 63.6 Å². The third kappa shape index (κ3) is 3.72. The van der Waals surface area contributed by atoms with Gasteiger partial charge in [-0.25, -0.2) is 8.78 Å². The molecule has 0 aliphatic heterocycles. The maximum Gasteiger partial charge on any atom is 0.416 e. The molecule has 1 nitrogen and oxygen atoms in total. The first-order valence-corrected chi connectivity index (χ1v) is 6.62. The van der Waals surface area contributed by atoms with Gasteiger partial charge in [0.25, 0.3) is 0 Å². The van der Waals surface area contributed by atoms with E-state index in [0.717, 1.165) is 24.3 Å². The van der Waals surface area contributed by atoms with Crippen LogP contribution in [0.1, 0.15) is 11.1 Å². The zero-order valence-corrected chi connectivity index (χ0v) is 12.0. The quantitative estimate of drug-likeness (QED) is 0.722. The van der Waals surface area contributed by atoms with Gasteiger partial charge in [-0.1, -0.05) is 6.07 Å². The molecule has 2 rings (SSSR count). The first kappa shape index (κ1) is 15.8. The average Bonchev–Trinajstić information content (AvgIpc) is 2.38. The molecule has 0 aromatic heterocycles. The van der Waals surface area contributed by atoms with Crippen molar-refractivity contribution in [1.29, 1.82) is 0 Å². The van der Waals surface area contributed by atoms with Gasteiger partial charge in [-0.3, -0.25) is 0 Å². The Labute approximate surface area is 125 Å². The summed E-state index contributed by atoms with van der Waals surface area (Å²) in [6.45, 7) is -0.265. The summed E-state index contributed by atoms with van der Waals surface area (Å²) in [7, 11) is 0. The molecule has 0 spiro atoms. The highest BCUT2D eigenvalue weighted by Crippen LogP contribution is 2.34. The maximum atomic E-state index is 13.5. The van der Waals surface area contributed by atoms with Gasteiger partial charge < -0.3 is 5.32 Å². The van der Waals surface area contributed by atoms with E-state index in [2.05, 4.69) is 21.2 Å². The SMILES string of the molecule is Fc1cccc(F)c1CNc1cc(C(F)(F)F)ccc1Br. The molecule has 0 heterocycles.